The summed E-state index contributed by atoms with van der Waals surface area (Å²) in [5.74, 6) is 2.07. The van der Waals surface area contributed by atoms with E-state index in [1.165, 1.54) is 12.8 Å². The van der Waals surface area contributed by atoms with Crippen molar-refractivity contribution in [1.82, 2.24) is 0 Å². The minimum atomic E-state index is -0.742. The number of ether oxygens (including phenoxy) is 1. The van der Waals surface area contributed by atoms with Crippen LogP contribution in [0, 0.1) is 40.4 Å². The lowest BCUT2D eigenvalue weighted by atomic mass is 9.75. The number of carbonyl (C=O) groups excluding carboxylic acids is 2. The van der Waals surface area contributed by atoms with Gasteiger partial charge in [-0.15, -0.1) is 0 Å². The molecule has 0 radical (unpaired) electrons. The smallest absolute Gasteiger partial charge is 0.320 e. The number of fused-ring (bicyclic) bond motifs is 1. The van der Waals surface area contributed by atoms with Crippen molar-refractivity contribution in [1.29, 1.82) is 0 Å². The van der Waals surface area contributed by atoms with Crippen LogP contribution in [0.15, 0.2) is 0 Å². The molecule has 0 heterocycles. The van der Waals surface area contributed by atoms with Crippen LogP contribution in [0.5, 0.6) is 0 Å². The average Bonchev–Trinajstić information content (AvgIpc) is 2.82. The standard InChI is InChI=1S/C22H34O3/c1-5-15-12-21-10-6-7-18(21)22(21,19(15)23)20(24)25-17-11-14(4)8-9-16(17)13(2)3/h13-18H,5-12H2,1-4H3/t14-,15?,16+,17-,18?,21?,22?/m1/s1. The highest BCUT2D eigenvalue weighted by Gasteiger charge is 2.89. The Morgan fingerprint density at radius 3 is 2.72 bits per heavy atom. The van der Waals surface area contributed by atoms with Gasteiger partial charge in [0.1, 0.15) is 11.5 Å². The van der Waals surface area contributed by atoms with Gasteiger partial charge in [-0.2, -0.15) is 0 Å². The van der Waals surface area contributed by atoms with E-state index in [2.05, 4.69) is 27.7 Å². The summed E-state index contributed by atoms with van der Waals surface area (Å²) in [7, 11) is 0. The largest absolute Gasteiger partial charge is 0.461 e. The lowest BCUT2D eigenvalue weighted by molar-refractivity contribution is -0.167. The number of esters is 1. The fourth-order valence-corrected chi connectivity index (χ4v) is 7.10. The summed E-state index contributed by atoms with van der Waals surface area (Å²) in [6.07, 6.45) is 8.45. The van der Waals surface area contributed by atoms with Crippen LogP contribution in [0.2, 0.25) is 0 Å². The van der Waals surface area contributed by atoms with Gasteiger partial charge in [0, 0.05) is 5.92 Å². The number of rotatable bonds is 4. The number of Topliss-reactive ketones (excluding diaryl/α,β-unsaturated/α-hetero) is 1. The van der Waals surface area contributed by atoms with Gasteiger partial charge in [-0.05, 0) is 67.6 Å². The Labute approximate surface area is 152 Å². The van der Waals surface area contributed by atoms with E-state index < -0.39 is 5.41 Å². The molecule has 7 atom stereocenters. The van der Waals surface area contributed by atoms with E-state index in [1.54, 1.807) is 0 Å². The second kappa shape index (κ2) is 5.82. The second-order valence-corrected chi connectivity index (χ2v) is 9.85. The highest BCUT2D eigenvalue weighted by molar-refractivity contribution is 6.12. The summed E-state index contributed by atoms with van der Waals surface area (Å²) in [4.78, 5) is 26.6. The third-order valence-corrected chi connectivity index (χ3v) is 8.41. The molecule has 1 spiro atoms. The zero-order valence-electron chi connectivity index (χ0n) is 16.3. The summed E-state index contributed by atoms with van der Waals surface area (Å²) >= 11 is 0. The Kier molecular flexibility index (Phi) is 4.09. The molecule has 0 aliphatic heterocycles. The highest BCUT2D eigenvalue weighted by Crippen LogP contribution is 2.84. The van der Waals surface area contributed by atoms with Gasteiger partial charge in [0.2, 0.25) is 0 Å². The molecule has 3 heteroatoms. The maximum atomic E-state index is 13.4. The fourth-order valence-electron chi connectivity index (χ4n) is 7.10. The fraction of sp³-hybridized carbons (Fsp3) is 0.909. The highest BCUT2D eigenvalue weighted by atomic mass is 16.5. The molecule has 4 unspecified atom stereocenters. The molecule has 0 aromatic heterocycles. The predicted molar refractivity (Wildman–Crippen MR) is 96.8 cm³/mol. The molecule has 0 saturated heterocycles. The first-order chi connectivity index (χ1) is 11.9. The molecular weight excluding hydrogens is 312 g/mol. The zero-order chi connectivity index (χ0) is 18.0. The molecule has 0 aromatic rings. The Morgan fingerprint density at radius 1 is 1.28 bits per heavy atom. The minimum absolute atomic E-state index is 0.0116. The molecule has 25 heavy (non-hydrogen) atoms. The van der Waals surface area contributed by atoms with Crippen molar-refractivity contribution >= 4 is 11.8 Å². The minimum Gasteiger partial charge on any atom is -0.461 e. The van der Waals surface area contributed by atoms with E-state index in [0.717, 1.165) is 38.5 Å². The number of ketones is 1. The predicted octanol–water partition coefficient (Wildman–Crippen LogP) is 4.78. The van der Waals surface area contributed by atoms with Crippen LogP contribution >= 0.6 is 0 Å². The molecule has 4 saturated carbocycles. The average molecular weight is 347 g/mol. The van der Waals surface area contributed by atoms with E-state index in [-0.39, 0.29) is 29.2 Å². The molecular formula is C22H34O3. The Bertz CT molecular complexity index is 582. The first-order valence-corrected chi connectivity index (χ1v) is 10.6. The van der Waals surface area contributed by atoms with Gasteiger partial charge in [0.05, 0.1) is 0 Å². The molecule has 4 fully saturated rings. The lowest BCUT2D eigenvalue weighted by Gasteiger charge is -2.37. The van der Waals surface area contributed by atoms with Crippen LogP contribution in [0.25, 0.3) is 0 Å². The molecule has 4 rings (SSSR count). The summed E-state index contributed by atoms with van der Waals surface area (Å²) in [6, 6.07) is 0. The van der Waals surface area contributed by atoms with Crippen molar-refractivity contribution in [3.8, 4) is 0 Å². The lowest BCUT2D eigenvalue weighted by Crippen LogP contribution is -2.41. The quantitative estimate of drug-likeness (QED) is 0.544. The van der Waals surface area contributed by atoms with Crippen molar-refractivity contribution in [3.05, 3.63) is 0 Å². The Hall–Kier alpha value is -0.860. The number of carbonyl (C=O) groups is 2. The number of hydrogen-bond acceptors (Lipinski definition) is 3. The van der Waals surface area contributed by atoms with Crippen molar-refractivity contribution in [2.75, 3.05) is 0 Å². The molecule has 140 valence electrons. The van der Waals surface area contributed by atoms with Gasteiger partial charge in [0.15, 0.2) is 5.78 Å². The van der Waals surface area contributed by atoms with E-state index in [9.17, 15) is 9.59 Å². The summed E-state index contributed by atoms with van der Waals surface area (Å²) in [5, 5.41) is 0. The first-order valence-electron chi connectivity index (χ1n) is 10.6. The SMILES string of the molecule is CCC1CC23CCCC2C3(C(=O)O[C@@H]2C[C@H](C)CC[C@H]2C(C)C)C1=O. The normalized spacial score (nSPS) is 48.4. The number of hydrogen-bond donors (Lipinski definition) is 0. The molecule has 0 amide bonds. The van der Waals surface area contributed by atoms with E-state index in [0.29, 0.717) is 23.7 Å². The van der Waals surface area contributed by atoms with Crippen LogP contribution < -0.4 is 0 Å². The van der Waals surface area contributed by atoms with Crippen LogP contribution in [0.1, 0.15) is 79.1 Å². The van der Waals surface area contributed by atoms with Crippen molar-refractivity contribution < 1.29 is 14.3 Å². The van der Waals surface area contributed by atoms with Crippen molar-refractivity contribution in [2.45, 2.75) is 85.2 Å². The Morgan fingerprint density at radius 2 is 2.04 bits per heavy atom. The summed E-state index contributed by atoms with van der Waals surface area (Å²) in [6.45, 7) is 8.82. The zero-order valence-corrected chi connectivity index (χ0v) is 16.3. The first kappa shape index (κ1) is 17.5. The maximum Gasteiger partial charge on any atom is 0.320 e. The molecule has 4 aliphatic carbocycles. The molecule has 0 aromatic carbocycles. The van der Waals surface area contributed by atoms with Crippen molar-refractivity contribution in [2.24, 2.45) is 40.4 Å². The molecule has 3 nitrogen and oxygen atoms in total. The third kappa shape index (κ3) is 2.16. The van der Waals surface area contributed by atoms with Gasteiger partial charge in [-0.1, -0.05) is 40.5 Å². The van der Waals surface area contributed by atoms with Gasteiger partial charge in [-0.3, -0.25) is 9.59 Å². The maximum absolute atomic E-state index is 13.4. The van der Waals surface area contributed by atoms with Gasteiger partial charge in [0.25, 0.3) is 0 Å². The van der Waals surface area contributed by atoms with E-state index in [1.807, 2.05) is 0 Å². The van der Waals surface area contributed by atoms with Gasteiger partial charge >= 0.3 is 5.97 Å². The second-order valence-electron chi connectivity index (χ2n) is 9.85. The van der Waals surface area contributed by atoms with E-state index >= 15 is 0 Å². The van der Waals surface area contributed by atoms with Crippen LogP contribution in [0.3, 0.4) is 0 Å². The third-order valence-electron chi connectivity index (χ3n) is 8.41. The van der Waals surface area contributed by atoms with Crippen molar-refractivity contribution in [3.63, 3.8) is 0 Å². The van der Waals surface area contributed by atoms with Crippen LogP contribution in [0.4, 0.5) is 0 Å². The van der Waals surface area contributed by atoms with E-state index in [4.69, 9.17) is 4.74 Å². The van der Waals surface area contributed by atoms with Gasteiger partial charge < -0.3 is 4.74 Å². The van der Waals surface area contributed by atoms with Crippen LogP contribution in [-0.2, 0) is 14.3 Å². The van der Waals surface area contributed by atoms with Crippen LogP contribution in [-0.4, -0.2) is 17.9 Å². The van der Waals surface area contributed by atoms with Gasteiger partial charge in [-0.25, -0.2) is 0 Å². The molecule has 4 aliphatic rings. The monoisotopic (exact) mass is 346 g/mol. The molecule has 0 bridgehead atoms. The summed E-state index contributed by atoms with van der Waals surface area (Å²) < 4.78 is 6.20. The molecule has 0 N–H and O–H groups in total. The summed E-state index contributed by atoms with van der Waals surface area (Å²) in [5.41, 5.74) is -0.760. The topological polar surface area (TPSA) is 43.4 Å². The Balaban J connectivity index is 1.57.